The Labute approximate surface area is 127 Å². The molecule has 110 valence electrons. The van der Waals surface area contributed by atoms with E-state index in [0.29, 0.717) is 6.54 Å². The van der Waals surface area contributed by atoms with Gasteiger partial charge in [0.25, 0.3) is 0 Å². The van der Waals surface area contributed by atoms with Crippen molar-refractivity contribution in [2.45, 2.75) is 18.0 Å². The molecule has 5 heteroatoms. The zero-order valence-electron chi connectivity index (χ0n) is 11.4. The van der Waals surface area contributed by atoms with Gasteiger partial charge in [0.15, 0.2) is 0 Å². The first-order chi connectivity index (χ1) is 10.2. The van der Waals surface area contributed by atoms with Crippen LogP contribution in [0.25, 0.3) is 0 Å². The van der Waals surface area contributed by atoms with Gasteiger partial charge in [-0.15, -0.1) is 11.8 Å². The summed E-state index contributed by atoms with van der Waals surface area (Å²) in [6.45, 7) is 0.416. The average Bonchev–Trinajstić information content (AvgIpc) is 2.52. The summed E-state index contributed by atoms with van der Waals surface area (Å²) in [4.78, 5) is 12.6. The van der Waals surface area contributed by atoms with Crippen LogP contribution >= 0.6 is 11.8 Å². The van der Waals surface area contributed by atoms with E-state index in [1.807, 2.05) is 24.3 Å². The van der Waals surface area contributed by atoms with Gasteiger partial charge in [-0.2, -0.15) is 0 Å². The van der Waals surface area contributed by atoms with Crippen molar-refractivity contribution in [2.75, 3.05) is 5.75 Å². The molecule has 0 aromatic heterocycles. The number of rotatable bonds is 6. The molecule has 0 atom stereocenters. The Morgan fingerprint density at radius 1 is 1.14 bits per heavy atom. The maximum absolute atomic E-state index is 12.7. The van der Waals surface area contributed by atoms with E-state index in [1.54, 1.807) is 12.1 Å². The van der Waals surface area contributed by atoms with E-state index in [9.17, 15) is 9.18 Å². The number of thioether (sulfide) groups is 1. The van der Waals surface area contributed by atoms with Crippen LogP contribution in [0.5, 0.6) is 0 Å². The molecule has 0 bridgehead atoms. The van der Waals surface area contributed by atoms with Crippen molar-refractivity contribution in [2.24, 2.45) is 0 Å². The zero-order valence-corrected chi connectivity index (χ0v) is 12.2. The predicted octanol–water partition coefficient (Wildman–Crippen LogP) is 2.73. The summed E-state index contributed by atoms with van der Waals surface area (Å²) in [6.07, 6.45) is 0. The monoisotopic (exact) mass is 305 g/mol. The molecule has 2 aromatic carbocycles. The van der Waals surface area contributed by atoms with Gasteiger partial charge in [0.1, 0.15) is 5.82 Å². The number of carbonyl (C=O) groups excluding carboxylic acids is 1. The van der Waals surface area contributed by atoms with Crippen molar-refractivity contribution in [3.63, 3.8) is 0 Å². The van der Waals surface area contributed by atoms with Gasteiger partial charge in [0.05, 0.1) is 12.4 Å². The maximum Gasteiger partial charge on any atom is 0.230 e. The number of nitrogens with one attached hydrogen (secondary N) is 1. The molecule has 0 saturated heterocycles. The summed E-state index contributed by atoms with van der Waals surface area (Å²) in [5.74, 6) is -0.0861. The van der Waals surface area contributed by atoms with E-state index in [4.69, 9.17) is 5.11 Å². The lowest BCUT2D eigenvalue weighted by Crippen LogP contribution is -2.24. The van der Waals surface area contributed by atoms with E-state index in [-0.39, 0.29) is 24.1 Å². The van der Waals surface area contributed by atoms with Gasteiger partial charge >= 0.3 is 0 Å². The Balaban J connectivity index is 1.78. The molecule has 3 nitrogen and oxygen atoms in total. The summed E-state index contributed by atoms with van der Waals surface area (Å²) in [5, 5.41) is 11.9. The van der Waals surface area contributed by atoms with E-state index in [1.165, 1.54) is 23.9 Å². The minimum atomic E-state index is -0.285. The third kappa shape index (κ3) is 5.21. The predicted molar refractivity (Wildman–Crippen MR) is 81.3 cm³/mol. The van der Waals surface area contributed by atoms with Crippen LogP contribution in [0.4, 0.5) is 4.39 Å². The molecule has 0 aliphatic heterocycles. The van der Waals surface area contributed by atoms with Crippen molar-refractivity contribution < 1.29 is 14.3 Å². The first-order valence-electron chi connectivity index (χ1n) is 6.51. The zero-order chi connectivity index (χ0) is 15.1. The van der Waals surface area contributed by atoms with Gasteiger partial charge in [-0.3, -0.25) is 4.79 Å². The van der Waals surface area contributed by atoms with Crippen LogP contribution in [0.2, 0.25) is 0 Å². The topological polar surface area (TPSA) is 49.3 Å². The Bertz CT molecular complexity index is 601. The maximum atomic E-state index is 12.7. The number of amides is 1. The molecule has 2 rings (SSSR count). The number of aliphatic hydroxyl groups excluding tert-OH is 1. The number of halogens is 1. The fourth-order valence-corrected chi connectivity index (χ4v) is 2.50. The van der Waals surface area contributed by atoms with Gasteiger partial charge in [-0.05, 0) is 35.4 Å². The molecule has 2 N–H and O–H groups in total. The highest BCUT2D eigenvalue weighted by Gasteiger charge is 2.03. The quantitative estimate of drug-likeness (QED) is 0.807. The molecule has 0 spiro atoms. The number of hydrogen-bond donors (Lipinski definition) is 2. The fraction of sp³-hybridized carbons (Fsp3) is 0.188. The summed E-state index contributed by atoms with van der Waals surface area (Å²) in [5.41, 5.74) is 1.77. The van der Waals surface area contributed by atoms with Gasteiger partial charge in [0.2, 0.25) is 5.91 Å². The van der Waals surface area contributed by atoms with Crippen LogP contribution in [0.3, 0.4) is 0 Å². The normalized spacial score (nSPS) is 10.4. The van der Waals surface area contributed by atoms with Crippen molar-refractivity contribution in [1.29, 1.82) is 0 Å². The highest BCUT2D eigenvalue weighted by atomic mass is 32.2. The molecule has 0 aliphatic carbocycles. The third-order valence-corrected chi connectivity index (χ3v) is 3.86. The highest BCUT2D eigenvalue weighted by Crippen LogP contribution is 2.17. The molecule has 0 saturated carbocycles. The van der Waals surface area contributed by atoms with E-state index in [0.717, 1.165) is 16.0 Å². The van der Waals surface area contributed by atoms with Crippen molar-refractivity contribution in [1.82, 2.24) is 5.32 Å². The SMILES string of the molecule is O=C(CSc1ccc(F)cc1)NCc1cccc(CO)c1. The van der Waals surface area contributed by atoms with Gasteiger partial charge in [-0.25, -0.2) is 4.39 Å². The van der Waals surface area contributed by atoms with Gasteiger partial charge in [0, 0.05) is 11.4 Å². The van der Waals surface area contributed by atoms with Crippen molar-refractivity contribution in [3.8, 4) is 0 Å². The lowest BCUT2D eigenvalue weighted by atomic mass is 10.1. The number of aliphatic hydroxyl groups is 1. The molecule has 2 aromatic rings. The van der Waals surface area contributed by atoms with Crippen LogP contribution in [0.15, 0.2) is 53.4 Å². The molecule has 1 amide bonds. The first-order valence-corrected chi connectivity index (χ1v) is 7.49. The summed E-state index contributed by atoms with van der Waals surface area (Å²) in [6, 6.07) is 13.5. The largest absolute Gasteiger partial charge is 0.392 e. The second-order valence-electron chi connectivity index (χ2n) is 4.50. The standard InChI is InChI=1S/C16H16FNO2S/c17-14-4-6-15(7-5-14)21-11-16(20)18-9-12-2-1-3-13(8-12)10-19/h1-8,19H,9-11H2,(H,18,20). The Hall–Kier alpha value is -1.85. The third-order valence-electron chi connectivity index (χ3n) is 2.85. The average molecular weight is 305 g/mol. The van der Waals surface area contributed by atoms with Crippen LogP contribution in [-0.2, 0) is 17.9 Å². The molecule has 0 heterocycles. The second kappa shape index (κ2) is 7.81. The number of benzene rings is 2. The molecule has 0 unspecified atom stereocenters. The lowest BCUT2D eigenvalue weighted by Gasteiger charge is -2.06. The molecular weight excluding hydrogens is 289 g/mol. The van der Waals surface area contributed by atoms with Crippen LogP contribution in [0.1, 0.15) is 11.1 Å². The fourth-order valence-electron chi connectivity index (χ4n) is 1.77. The van der Waals surface area contributed by atoms with Crippen molar-refractivity contribution >= 4 is 17.7 Å². The molecule has 0 aliphatic rings. The summed E-state index contributed by atoms with van der Waals surface area (Å²) >= 11 is 1.36. The minimum Gasteiger partial charge on any atom is -0.392 e. The van der Waals surface area contributed by atoms with Crippen molar-refractivity contribution in [3.05, 3.63) is 65.5 Å². The minimum absolute atomic E-state index is 0.0117. The highest BCUT2D eigenvalue weighted by molar-refractivity contribution is 8.00. The molecule has 21 heavy (non-hydrogen) atoms. The van der Waals surface area contributed by atoms with E-state index < -0.39 is 0 Å². The molecule has 0 radical (unpaired) electrons. The smallest absolute Gasteiger partial charge is 0.230 e. The number of hydrogen-bond acceptors (Lipinski definition) is 3. The Morgan fingerprint density at radius 3 is 2.57 bits per heavy atom. The first kappa shape index (κ1) is 15.5. The second-order valence-corrected chi connectivity index (χ2v) is 5.55. The van der Waals surface area contributed by atoms with Crippen LogP contribution in [0, 0.1) is 5.82 Å². The van der Waals surface area contributed by atoms with Gasteiger partial charge < -0.3 is 10.4 Å². The molecule has 0 fully saturated rings. The van der Waals surface area contributed by atoms with Crippen LogP contribution < -0.4 is 5.32 Å². The van der Waals surface area contributed by atoms with Gasteiger partial charge in [-0.1, -0.05) is 24.3 Å². The van der Waals surface area contributed by atoms with Crippen LogP contribution in [-0.4, -0.2) is 16.8 Å². The Morgan fingerprint density at radius 2 is 1.86 bits per heavy atom. The number of carbonyl (C=O) groups is 1. The van der Waals surface area contributed by atoms with E-state index >= 15 is 0 Å². The summed E-state index contributed by atoms with van der Waals surface area (Å²) < 4.78 is 12.7. The molecular formula is C16H16FNO2S. The Kier molecular flexibility index (Phi) is 5.78. The lowest BCUT2D eigenvalue weighted by molar-refractivity contribution is -0.118. The van der Waals surface area contributed by atoms with E-state index in [2.05, 4.69) is 5.32 Å². The summed E-state index contributed by atoms with van der Waals surface area (Å²) in [7, 11) is 0.